The predicted molar refractivity (Wildman–Crippen MR) is 146 cm³/mol. The van der Waals surface area contributed by atoms with Gasteiger partial charge in [-0.05, 0) is 97.7 Å². The van der Waals surface area contributed by atoms with E-state index >= 15 is 0 Å². The van der Waals surface area contributed by atoms with Crippen LogP contribution in [0.1, 0.15) is 58.9 Å². The lowest BCUT2D eigenvalue weighted by Gasteiger charge is -2.19. The van der Waals surface area contributed by atoms with Crippen LogP contribution in [0.2, 0.25) is 0 Å². The molecule has 3 atom stereocenters. The largest absolute Gasteiger partial charge is 0.364 e. The fourth-order valence-corrected chi connectivity index (χ4v) is 6.89. The van der Waals surface area contributed by atoms with Gasteiger partial charge in [0.1, 0.15) is 0 Å². The van der Waals surface area contributed by atoms with E-state index in [-0.39, 0.29) is 5.69 Å². The summed E-state index contributed by atoms with van der Waals surface area (Å²) in [6.07, 6.45) is 7.81. The van der Waals surface area contributed by atoms with Crippen LogP contribution in [-0.2, 0) is 6.54 Å². The summed E-state index contributed by atoms with van der Waals surface area (Å²) in [5.74, 6) is 3.06. The van der Waals surface area contributed by atoms with E-state index in [1.165, 1.54) is 62.0 Å². The predicted octanol–water partition coefficient (Wildman–Crippen LogP) is 5.12. The molecule has 1 saturated heterocycles. The topological polar surface area (TPSA) is 69.1 Å². The molecular weight excluding hydrogens is 458 g/mol. The number of nitrogens with zero attached hydrogens (tertiary/aromatic N) is 4. The van der Waals surface area contributed by atoms with Gasteiger partial charge in [-0.15, -0.1) is 0 Å². The van der Waals surface area contributed by atoms with Crippen molar-refractivity contribution in [3.8, 4) is 5.69 Å². The molecule has 0 bridgehead atoms. The first-order valence-corrected chi connectivity index (χ1v) is 13.8. The van der Waals surface area contributed by atoms with E-state index in [0.717, 1.165) is 47.0 Å². The molecule has 2 aromatic carbocycles. The summed E-state index contributed by atoms with van der Waals surface area (Å²) >= 11 is 0. The van der Waals surface area contributed by atoms with Gasteiger partial charge in [0, 0.05) is 49.0 Å². The maximum atomic E-state index is 11.5. The molecule has 6 nitrogen and oxygen atoms in total. The quantitative estimate of drug-likeness (QED) is 0.389. The number of hydrogen-bond donors (Lipinski definition) is 1. The molecule has 190 valence electrons. The molecule has 1 unspecified atom stereocenters. The van der Waals surface area contributed by atoms with E-state index in [4.69, 9.17) is 5.73 Å². The van der Waals surface area contributed by atoms with E-state index in [9.17, 15) is 4.79 Å². The number of primary amides is 1. The number of aromatic nitrogens is 3. The van der Waals surface area contributed by atoms with Crippen LogP contribution >= 0.6 is 0 Å². The minimum atomic E-state index is -0.508. The van der Waals surface area contributed by atoms with Crippen LogP contribution in [0, 0.1) is 24.7 Å². The summed E-state index contributed by atoms with van der Waals surface area (Å²) in [4.78, 5) is 14.3. The monoisotopic (exact) mass is 493 g/mol. The molecule has 3 heterocycles. The first-order chi connectivity index (χ1) is 18.0. The number of aryl methyl sites for hydroxylation is 1. The number of amides is 1. The Balaban J connectivity index is 1.02. The molecule has 3 fully saturated rings. The van der Waals surface area contributed by atoms with Crippen LogP contribution in [0.3, 0.4) is 0 Å². The number of benzene rings is 2. The third-order valence-corrected chi connectivity index (χ3v) is 8.98. The highest BCUT2D eigenvalue weighted by Gasteiger charge is 2.42. The van der Waals surface area contributed by atoms with Gasteiger partial charge in [0.05, 0.1) is 5.69 Å². The summed E-state index contributed by atoms with van der Waals surface area (Å²) in [7, 11) is 0. The van der Waals surface area contributed by atoms with Gasteiger partial charge in [0.25, 0.3) is 5.91 Å². The van der Waals surface area contributed by atoms with E-state index < -0.39 is 5.91 Å². The Bertz CT molecular complexity index is 1450. The molecule has 0 spiro atoms. The summed E-state index contributed by atoms with van der Waals surface area (Å²) in [6, 6.07) is 19.6. The van der Waals surface area contributed by atoms with Gasteiger partial charge in [0.2, 0.25) is 0 Å². The van der Waals surface area contributed by atoms with Gasteiger partial charge in [-0.3, -0.25) is 4.79 Å². The minimum Gasteiger partial charge on any atom is -0.364 e. The first kappa shape index (κ1) is 22.8. The van der Waals surface area contributed by atoms with Gasteiger partial charge in [-0.2, -0.15) is 5.10 Å². The Kier molecular flexibility index (Phi) is 5.47. The molecule has 0 radical (unpaired) electrons. The molecule has 7 rings (SSSR count). The third kappa shape index (κ3) is 4.37. The van der Waals surface area contributed by atoms with Crippen LogP contribution in [-0.4, -0.2) is 44.8 Å². The van der Waals surface area contributed by atoms with Crippen molar-refractivity contribution >= 4 is 16.8 Å². The van der Waals surface area contributed by atoms with E-state index in [1.807, 2.05) is 6.92 Å². The highest BCUT2D eigenvalue weighted by Crippen LogP contribution is 2.47. The first-order valence-electron chi connectivity index (χ1n) is 13.8. The van der Waals surface area contributed by atoms with E-state index in [1.54, 1.807) is 10.7 Å². The van der Waals surface area contributed by atoms with Crippen molar-refractivity contribution in [3.05, 3.63) is 83.3 Å². The van der Waals surface area contributed by atoms with Crippen LogP contribution in [0.25, 0.3) is 16.6 Å². The van der Waals surface area contributed by atoms with Crippen LogP contribution in [0.4, 0.5) is 0 Å². The number of rotatable bonds is 7. The number of carbonyl (C=O) groups is 1. The zero-order chi connectivity index (χ0) is 25.1. The van der Waals surface area contributed by atoms with Crippen molar-refractivity contribution in [2.24, 2.45) is 23.5 Å². The SMILES string of the molecule is Cc1cc(C(N)=O)nn1-c1ccc2c(ccn2Cc2ccc(C3C[C@@H]4CN(CC5CC5)C[C@@H]4C3)cc2)c1. The summed E-state index contributed by atoms with van der Waals surface area (Å²) < 4.78 is 4.07. The summed E-state index contributed by atoms with van der Waals surface area (Å²) in [5, 5.41) is 5.52. The fourth-order valence-electron chi connectivity index (χ4n) is 6.89. The van der Waals surface area contributed by atoms with Gasteiger partial charge >= 0.3 is 0 Å². The van der Waals surface area contributed by atoms with Crippen molar-refractivity contribution in [2.75, 3.05) is 19.6 Å². The van der Waals surface area contributed by atoms with Crippen molar-refractivity contribution < 1.29 is 4.79 Å². The molecule has 3 aliphatic rings. The molecule has 1 amide bonds. The number of likely N-dealkylation sites (tertiary alicyclic amines) is 1. The number of carbonyl (C=O) groups excluding carboxylic acids is 1. The summed E-state index contributed by atoms with van der Waals surface area (Å²) in [6.45, 7) is 6.82. The zero-order valence-electron chi connectivity index (χ0n) is 21.5. The summed E-state index contributed by atoms with van der Waals surface area (Å²) in [5.41, 5.74) is 11.5. The van der Waals surface area contributed by atoms with E-state index in [0.29, 0.717) is 0 Å². The van der Waals surface area contributed by atoms with Crippen LogP contribution in [0.5, 0.6) is 0 Å². The van der Waals surface area contributed by atoms with Crippen molar-refractivity contribution in [1.29, 1.82) is 0 Å². The molecule has 1 aliphatic heterocycles. The Morgan fingerprint density at radius 1 is 1.00 bits per heavy atom. The Morgan fingerprint density at radius 3 is 2.43 bits per heavy atom. The Labute approximate surface area is 218 Å². The van der Waals surface area contributed by atoms with Crippen molar-refractivity contribution in [2.45, 2.75) is 45.1 Å². The van der Waals surface area contributed by atoms with Gasteiger partial charge in [-0.25, -0.2) is 4.68 Å². The molecule has 2 aliphatic carbocycles. The average Bonchev–Trinajstić information content (AvgIpc) is 3.18. The minimum absolute atomic E-state index is 0.287. The van der Waals surface area contributed by atoms with Gasteiger partial charge in [-0.1, -0.05) is 24.3 Å². The standard InChI is InChI=1S/C31H35N5O/c1-20-12-29(31(32)37)33-36(20)28-8-9-30-24(15-28)10-11-35(30)17-22-4-6-23(7-5-22)25-13-26-18-34(16-21-2-3-21)19-27(26)14-25/h4-12,15,21,25-27H,2-3,13-14,16-19H2,1H3,(H2,32,37)/t25?,26-,27+. The molecule has 37 heavy (non-hydrogen) atoms. The zero-order valence-corrected chi connectivity index (χ0v) is 21.5. The van der Waals surface area contributed by atoms with Crippen LogP contribution < -0.4 is 5.73 Å². The number of nitrogens with two attached hydrogens (primary N) is 1. The van der Waals surface area contributed by atoms with Crippen molar-refractivity contribution in [1.82, 2.24) is 19.2 Å². The lowest BCUT2D eigenvalue weighted by Crippen LogP contribution is -2.24. The van der Waals surface area contributed by atoms with Gasteiger partial charge < -0.3 is 15.2 Å². The lowest BCUT2D eigenvalue weighted by molar-refractivity contribution is 0.0995. The second-order valence-electron chi connectivity index (χ2n) is 11.7. The Morgan fingerprint density at radius 2 is 1.76 bits per heavy atom. The molecule has 2 saturated carbocycles. The second kappa shape index (κ2) is 8.88. The maximum absolute atomic E-state index is 11.5. The molecule has 2 aromatic heterocycles. The van der Waals surface area contributed by atoms with Crippen LogP contribution in [0.15, 0.2) is 60.8 Å². The molecule has 4 aromatic rings. The number of fused-ring (bicyclic) bond motifs is 2. The molecule has 2 N–H and O–H groups in total. The number of hydrogen-bond acceptors (Lipinski definition) is 3. The maximum Gasteiger partial charge on any atom is 0.269 e. The Hall–Kier alpha value is -3.38. The van der Waals surface area contributed by atoms with Crippen molar-refractivity contribution in [3.63, 3.8) is 0 Å². The lowest BCUT2D eigenvalue weighted by atomic mass is 9.95. The van der Waals surface area contributed by atoms with Gasteiger partial charge in [0.15, 0.2) is 5.69 Å². The molecule has 6 heteroatoms. The van der Waals surface area contributed by atoms with E-state index in [2.05, 4.69) is 69.3 Å². The fraction of sp³-hybridized carbons (Fsp3) is 0.419. The highest BCUT2D eigenvalue weighted by molar-refractivity contribution is 5.91. The second-order valence-corrected chi connectivity index (χ2v) is 11.7. The normalized spacial score (nSPS) is 23.6. The average molecular weight is 494 g/mol. The highest BCUT2D eigenvalue weighted by atomic mass is 16.1. The third-order valence-electron chi connectivity index (χ3n) is 8.98. The molecular formula is C31H35N5O. The smallest absolute Gasteiger partial charge is 0.269 e.